The molecule has 1 aromatic rings. The highest BCUT2D eigenvalue weighted by Gasteiger charge is 2.23. The van der Waals surface area contributed by atoms with Gasteiger partial charge in [0.05, 0.1) is 13.2 Å². The Morgan fingerprint density at radius 2 is 1.79 bits per heavy atom. The van der Waals surface area contributed by atoms with E-state index in [0.29, 0.717) is 26.2 Å². The smallest absolute Gasteiger partial charge is 0.409 e. The molecule has 1 aliphatic rings. The van der Waals surface area contributed by atoms with E-state index in [1.165, 1.54) is 0 Å². The first kappa shape index (κ1) is 22.8. The van der Waals surface area contributed by atoms with E-state index >= 15 is 0 Å². The van der Waals surface area contributed by atoms with Crippen molar-refractivity contribution < 1.29 is 14.3 Å². The third-order valence-corrected chi connectivity index (χ3v) is 4.71. The van der Waals surface area contributed by atoms with E-state index in [4.69, 9.17) is 9.47 Å². The Morgan fingerprint density at radius 1 is 1.14 bits per heavy atom. The van der Waals surface area contributed by atoms with E-state index in [1.54, 1.807) is 11.9 Å². The van der Waals surface area contributed by atoms with Crippen LogP contribution in [0.2, 0.25) is 0 Å². The van der Waals surface area contributed by atoms with Crippen LogP contribution in [0.25, 0.3) is 0 Å². The third kappa shape index (κ3) is 7.81. The second-order valence-electron chi connectivity index (χ2n) is 7.22. The van der Waals surface area contributed by atoms with E-state index in [2.05, 4.69) is 46.3 Å². The van der Waals surface area contributed by atoms with Crippen LogP contribution in [0.1, 0.15) is 18.9 Å². The number of hydrogen-bond acceptors (Lipinski definition) is 5. The molecule has 29 heavy (non-hydrogen) atoms. The average molecular weight is 406 g/mol. The minimum Gasteiger partial charge on any atom is -0.494 e. The van der Waals surface area contributed by atoms with Crippen LogP contribution < -0.4 is 10.1 Å². The molecule has 2 rings (SSSR count). The van der Waals surface area contributed by atoms with Gasteiger partial charge < -0.3 is 29.5 Å². The summed E-state index contributed by atoms with van der Waals surface area (Å²) in [6.07, 6.45) is 0.773. The van der Waals surface area contributed by atoms with Gasteiger partial charge in [-0.05, 0) is 45.1 Å². The summed E-state index contributed by atoms with van der Waals surface area (Å²) < 4.78 is 10.8. The maximum Gasteiger partial charge on any atom is 0.409 e. The molecule has 0 aromatic heterocycles. The molecular weight excluding hydrogens is 370 g/mol. The number of guanidine groups is 1. The molecule has 0 atom stereocenters. The average Bonchev–Trinajstić information content (AvgIpc) is 2.73. The van der Waals surface area contributed by atoms with Crippen LogP contribution in [0.15, 0.2) is 29.3 Å². The van der Waals surface area contributed by atoms with Gasteiger partial charge in [-0.25, -0.2) is 4.79 Å². The Bertz CT molecular complexity index is 640. The van der Waals surface area contributed by atoms with E-state index in [1.807, 2.05) is 19.1 Å². The lowest BCUT2D eigenvalue weighted by atomic mass is 10.2. The summed E-state index contributed by atoms with van der Waals surface area (Å²) in [6.45, 7) is 7.40. The SMILES string of the molecule is CCOC(=O)N1CCN(C(=NC)NCc2ccc(OCCCN(C)C)cc2)CC1. The van der Waals surface area contributed by atoms with Crippen molar-refractivity contribution in [3.63, 3.8) is 0 Å². The number of ether oxygens (including phenoxy) is 2. The number of rotatable bonds is 8. The Kier molecular flexibility index (Phi) is 9.56. The fraction of sp³-hybridized carbons (Fsp3) is 0.619. The Hall–Kier alpha value is -2.48. The van der Waals surface area contributed by atoms with E-state index < -0.39 is 0 Å². The maximum atomic E-state index is 11.8. The molecule has 1 saturated heterocycles. The van der Waals surface area contributed by atoms with E-state index in [-0.39, 0.29) is 6.09 Å². The summed E-state index contributed by atoms with van der Waals surface area (Å²) in [5, 5.41) is 3.40. The molecule has 0 aliphatic carbocycles. The van der Waals surface area contributed by atoms with Crippen LogP contribution in [-0.4, -0.2) is 93.8 Å². The first-order valence-corrected chi connectivity index (χ1v) is 10.3. The van der Waals surface area contributed by atoms with Crippen molar-refractivity contribution >= 4 is 12.1 Å². The van der Waals surface area contributed by atoms with Gasteiger partial charge in [0.1, 0.15) is 5.75 Å². The molecule has 8 heteroatoms. The van der Waals surface area contributed by atoms with Crippen LogP contribution in [-0.2, 0) is 11.3 Å². The number of amides is 1. The molecule has 1 aromatic carbocycles. The molecule has 1 amide bonds. The highest BCUT2D eigenvalue weighted by atomic mass is 16.6. The molecule has 8 nitrogen and oxygen atoms in total. The predicted octanol–water partition coefficient (Wildman–Crippen LogP) is 1.87. The summed E-state index contributed by atoms with van der Waals surface area (Å²) in [7, 11) is 5.91. The van der Waals surface area contributed by atoms with E-state index in [9.17, 15) is 4.79 Å². The highest BCUT2D eigenvalue weighted by molar-refractivity contribution is 5.80. The molecule has 1 heterocycles. The molecule has 0 saturated carbocycles. The van der Waals surface area contributed by atoms with Crippen molar-refractivity contribution in [1.29, 1.82) is 0 Å². The van der Waals surface area contributed by atoms with Crippen LogP contribution in [0.3, 0.4) is 0 Å². The molecule has 1 aliphatic heterocycles. The lowest BCUT2D eigenvalue weighted by molar-refractivity contribution is 0.0914. The van der Waals surface area contributed by atoms with Crippen molar-refractivity contribution in [2.45, 2.75) is 19.9 Å². The lowest BCUT2D eigenvalue weighted by Gasteiger charge is -2.35. The van der Waals surface area contributed by atoms with Crippen molar-refractivity contribution in [2.24, 2.45) is 4.99 Å². The van der Waals surface area contributed by atoms with Crippen molar-refractivity contribution in [3.8, 4) is 5.75 Å². The van der Waals surface area contributed by atoms with Gasteiger partial charge in [-0.2, -0.15) is 0 Å². The van der Waals surface area contributed by atoms with Crippen molar-refractivity contribution in [1.82, 2.24) is 20.0 Å². The normalized spacial score (nSPS) is 14.9. The zero-order valence-corrected chi connectivity index (χ0v) is 18.2. The van der Waals surface area contributed by atoms with Gasteiger partial charge in [-0.15, -0.1) is 0 Å². The number of benzene rings is 1. The molecule has 0 unspecified atom stereocenters. The monoisotopic (exact) mass is 405 g/mol. The maximum absolute atomic E-state index is 11.8. The summed E-state index contributed by atoms with van der Waals surface area (Å²) in [6, 6.07) is 8.15. The Balaban J connectivity index is 1.74. The second kappa shape index (κ2) is 12.2. The van der Waals surface area contributed by atoms with Crippen LogP contribution in [0, 0.1) is 0 Å². The number of carbonyl (C=O) groups excluding carboxylic acids is 1. The second-order valence-corrected chi connectivity index (χ2v) is 7.22. The quantitative estimate of drug-likeness (QED) is 0.405. The standard InChI is InChI=1S/C21H35N5O3/c1-5-28-21(27)26-14-12-25(13-15-26)20(22-2)23-17-18-7-9-19(10-8-18)29-16-6-11-24(3)4/h7-10H,5-6,11-17H2,1-4H3,(H,22,23). The lowest BCUT2D eigenvalue weighted by Crippen LogP contribution is -2.53. The molecule has 0 radical (unpaired) electrons. The van der Waals surface area contributed by atoms with Crippen molar-refractivity contribution in [3.05, 3.63) is 29.8 Å². The van der Waals surface area contributed by atoms with Gasteiger partial charge in [-0.3, -0.25) is 4.99 Å². The number of carbonyl (C=O) groups is 1. The Morgan fingerprint density at radius 3 is 2.38 bits per heavy atom. The predicted molar refractivity (Wildman–Crippen MR) is 115 cm³/mol. The topological polar surface area (TPSA) is 69.6 Å². The summed E-state index contributed by atoms with van der Waals surface area (Å²) >= 11 is 0. The van der Waals surface area contributed by atoms with Gasteiger partial charge in [0, 0.05) is 46.3 Å². The van der Waals surface area contributed by atoms with Gasteiger partial charge in [0.15, 0.2) is 5.96 Å². The number of aliphatic imine (C=N–C) groups is 1. The van der Waals surface area contributed by atoms with Crippen LogP contribution in [0.4, 0.5) is 4.79 Å². The summed E-state index contributed by atoms with van der Waals surface area (Å²) in [5.41, 5.74) is 1.16. The fourth-order valence-corrected chi connectivity index (χ4v) is 3.10. The van der Waals surface area contributed by atoms with E-state index in [0.717, 1.165) is 49.9 Å². The largest absolute Gasteiger partial charge is 0.494 e. The molecular formula is C21H35N5O3. The molecule has 1 fully saturated rings. The highest BCUT2D eigenvalue weighted by Crippen LogP contribution is 2.13. The summed E-state index contributed by atoms with van der Waals surface area (Å²) in [4.78, 5) is 22.3. The first-order chi connectivity index (χ1) is 14.0. The van der Waals surface area contributed by atoms with Crippen LogP contribution >= 0.6 is 0 Å². The molecule has 0 spiro atoms. The fourth-order valence-electron chi connectivity index (χ4n) is 3.10. The molecule has 1 N–H and O–H groups in total. The molecule has 162 valence electrons. The van der Waals surface area contributed by atoms with Gasteiger partial charge in [0.25, 0.3) is 0 Å². The van der Waals surface area contributed by atoms with Gasteiger partial charge in [-0.1, -0.05) is 12.1 Å². The summed E-state index contributed by atoms with van der Waals surface area (Å²) in [5.74, 6) is 1.74. The number of hydrogen-bond donors (Lipinski definition) is 1. The minimum atomic E-state index is -0.237. The number of nitrogens with zero attached hydrogens (tertiary/aromatic N) is 4. The number of nitrogens with one attached hydrogen (secondary N) is 1. The zero-order chi connectivity index (χ0) is 21.1. The van der Waals surface area contributed by atoms with Gasteiger partial charge in [0.2, 0.25) is 0 Å². The van der Waals surface area contributed by atoms with Crippen LogP contribution in [0.5, 0.6) is 5.75 Å². The zero-order valence-electron chi connectivity index (χ0n) is 18.2. The number of piperazine rings is 1. The van der Waals surface area contributed by atoms with Crippen molar-refractivity contribution in [2.75, 3.05) is 67.1 Å². The minimum absolute atomic E-state index is 0.237. The Labute approximate surface area is 174 Å². The third-order valence-electron chi connectivity index (χ3n) is 4.71. The first-order valence-electron chi connectivity index (χ1n) is 10.3. The molecule has 0 bridgehead atoms. The van der Waals surface area contributed by atoms with Gasteiger partial charge >= 0.3 is 6.09 Å².